The molecule has 1 aliphatic heterocycles. The molecule has 0 atom stereocenters. The molecule has 0 radical (unpaired) electrons. The summed E-state index contributed by atoms with van der Waals surface area (Å²) < 4.78 is 7.22. The van der Waals surface area contributed by atoms with Gasteiger partial charge in [0.2, 0.25) is 0 Å². The molecule has 66 valence electrons. The van der Waals surface area contributed by atoms with E-state index >= 15 is 0 Å². The maximum Gasteiger partial charge on any atom is 0.159 e. The Kier molecular flexibility index (Phi) is 2.05. The zero-order chi connectivity index (χ0) is 8.39. The molecule has 0 spiro atoms. The normalized spacial score (nSPS) is 16.1. The van der Waals surface area contributed by atoms with Gasteiger partial charge in [-0.05, 0) is 0 Å². The molecule has 1 aromatic rings. The van der Waals surface area contributed by atoms with E-state index in [4.69, 9.17) is 9.84 Å². The minimum Gasteiger partial charge on any atom is -0.396 e. The number of nitrogens with zero attached hydrogens (tertiary/aromatic N) is 3. The number of hydrogen-bond donors (Lipinski definition) is 1. The van der Waals surface area contributed by atoms with Crippen LogP contribution in [0.4, 0.5) is 0 Å². The zero-order valence-electron chi connectivity index (χ0n) is 6.73. The Labute approximate surface area is 70.0 Å². The van der Waals surface area contributed by atoms with Crippen molar-refractivity contribution in [2.24, 2.45) is 0 Å². The van der Waals surface area contributed by atoms with Gasteiger partial charge in [0.05, 0.1) is 13.2 Å². The molecule has 0 saturated carbocycles. The predicted molar refractivity (Wildman–Crippen MR) is 40.5 cm³/mol. The van der Waals surface area contributed by atoms with Crippen LogP contribution < -0.4 is 0 Å². The van der Waals surface area contributed by atoms with Gasteiger partial charge in [0.15, 0.2) is 5.82 Å². The lowest BCUT2D eigenvalue weighted by Gasteiger charge is -2.14. The van der Waals surface area contributed by atoms with E-state index in [9.17, 15) is 0 Å². The van der Waals surface area contributed by atoms with Gasteiger partial charge < -0.3 is 14.4 Å². The molecule has 0 fully saturated rings. The largest absolute Gasteiger partial charge is 0.396 e. The van der Waals surface area contributed by atoms with Crippen molar-refractivity contribution in [2.45, 2.75) is 19.6 Å². The van der Waals surface area contributed by atoms with Crippen LogP contribution in [0.5, 0.6) is 0 Å². The van der Waals surface area contributed by atoms with Crippen molar-refractivity contribution >= 4 is 0 Å². The quantitative estimate of drug-likeness (QED) is 0.638. The molecular weight excluding hydrogens is 158 g/mol. The highest BCUT2D eigenvalue weighted by atomic mass is 16.5. The smallest absolute Gasteiger partial charge is 0.159 e. The molecule has 2 rings (SSSR count). The van der Waals surface area contributed by atoms with Gasteiger partial charge in [-0.3, -0.25) is 0 Å². The number of ether oxygens (including phenoxy) is 1. The molecule has 0 aliphatic carbocycles. The van der Waals surface area contributed by atoms with Crippen molar-refractivity contribution < 1.29 is 9.84 Å². The third-order valence-electron chi connectivity index (χ3n) is 1.93. The van der Waals surface area contributed by atoms with E-state index in [2.05, 4.69) is 10.2 Å². The van der Waals surface area contributed by atoms with Crippen molar-refractivity contribution in [3.63, 3.8) is 0 Å². The Balaban J connectivity index is 2.25. The Morgan fingerprint density at radius 2 is 2.42 bits per heavy atom. The van der Waals surface area contributed by atoms with Crippen LogP contribution >= 0.6 is 0 Å². The predicted octanol–water partition coefficient (Wildman–Crippen LogP) is -0.657. The van der Waals surface area contributed by atoms with Gasteiger partial charge >= 0.3 is 0 Å². The Hall–Kier alpha value is -0.940. The van der Waals surface area contributed by atoms with E-state index in [1.165, 1.54) is 0 Å². The van der Waals surface area contributed by atoms with Gasteiger partial charge in [-0.1, -0.05) is 0 Å². The van der Waals surface area contributed by atoms with E-state index in [0.717, 1.165) is 18.2 Å². The van der Waals surface area contributed by atoms with Crippen LogP contribution in [0.25, 0.3) is 0 Å². The summed E-state index contributed by atoms with van der Waals surface area (Å²) in [4.78, 5) is 0. The Bertz CT molecular complexity index is 272. The van der Waals surface area contributed by atoms with E-state index < -0.39 is 0 Å². The van der Waals surface area contributed by atoms with Crippen molar-refractivity contribution in [1.29, 1.82) is 0 Å². The first-order chi connectivity index (χ1) is 5.92. The summed E-state index contributed by atoms with van der Waals surface area (Å²) in [6, 6.07) is 0. The average Bonchev–Trinajstić information content (AvgIpc) is 2.50. The average molecular weight is 169 g/mol. The minimum absolute atomic E-state index is 0.124. The first-order valence-electron chi connectivity index (χ1n) is 4.01. The zero-order valence-corrected chi connectivity index (χ0v) is 6.73. The molecule has 1 aromatic heterocycles. The monoisotopic (exact) mass is 169 g/mol. The first kappa shape index (κ1) is 7.70. The van der Waals surface area contributed by atoms with Crippen molar-refractivity contribution in [1.82, 2.24) is 14.8 Å². The van der Waals surface area contributed by atoms with E-state index in [1.807, 2.05) is 4.57 Å². The van der Waals surface area contributed by atoms with Crippen LogP contribution in [0.3, 0.4) is 0 Å². The number of aromatic nitrogens is 3. The molecule has 0 unspecified atom stereocenters. The maximum atomic E-state index is 8.73. The number of hydrogen-bond acceptors (Lipinski definition) is 4. The van der Waals surface area contributed by atoms with Gasteiger partial charge in [0, 0.05) is 13.0 Å². The van der Waals surface area contributed by atoms with Crippen LogP contribution in [0, 0.1) is 0 Å². The van der Waals surface area contributed by atoms with Gasteiger partial charge in [-0.2, -0.15) is 0 Å². The highest BCUT2D eigenvalue weighted by Gasteiger charge is 2.14. The minimum atomic E-state index is 0.124. The lowest BCUT2D eigenvalue weighted by molar-refractivity contribution is 0.0803. The molecule has 12 heavy (non-hydrogen) atoms. The summed E-state index contributed by atoms with van der Waals surface area (Å²) in [7, 11) is 0. The van der Waals surface area contributed by atoms with Crippen molar-refractivity contribution in [3.05, 3.63) is 11.6 Å². The van der Waals surface area contributed by atoms with Crippen LogP contribution in [0.1, 0.15) is 11.6 Å². The molecular formula is C7H11N3O2. The Morgan fingerprint density at radius 1 is 1.50 bits per heavy atom. The second kappa shape index (κ2) is 3.20. The Morgan fingerprint density at radius 3 is 3.25 bits per heavy atom. The number of aliphatic hydroxyl groups excluding tert-OH is 1. The lowest BCUT2D eigenvalue weighted by Crippen LogP contribution is -2.19. The molecule has 1 aliphatic rings. The van der Waals surface area contributed by atoms with Gasteiger partial charge in [-0.25, -0.2) is 0 Å². The second-order valence-corrected chi connectivity index (χ2v) is 2.71. The standard InChI is InChI=1S/C7H11N3O2/c11-3-1-6-8-9-7-5-12-4-2-10(6)7/h11H,1-5H2. The number of fused-ring (bicyclic) bond motifs is 1. The van der Waals surface area contributed by atoms with Gasteiger partial charge in [0.1, 0.15) is 12.4 Å². The molecule has 0 bridgehead atoms. The van der Waals surface area contributed by atoms with E-state index in [1.54, 1.807) is 0 Å². The fourth-order valence-corrected chi connectivity index (χ4v) is 1.34. The van der Waals surface area contributed by atoms with Crippen molar-refractivity contribution in [3.8, 4) is 0 Å². The summed E-state index contributed by atoms with van der Waals surface area (Å²) in [6.07, 6.45) is 0.576. The van der Waals surface area contributed by atoms with Crippen LogP contribution in [-0.2, 0) is 24.3 Å². The summed E-state index contributed by atoms with van der Waals surface area (Å²) in [5.74, 6) is 1.72. The van der Waals surface area contributed by atoms with Crippen molar-refractivity contribution in [2.75, 3.05) is 13.2 Å². The fourth-order valence-electron chi connectivity index (χ4n) is 1.34. The van der Waals surface area contributed by atoms with Gasteiger partial charge in [-0.15, -0.1) is 10.2 Å². The topological polar surface area (TPSA) is 60.2 Å². The molecule has 2 heterocycles. The molecule has 0 saturated heterocycles. The molecule has 0 aromatic carbocycles. The summed E-state index contributed by atoms with van der Waals surface area (Å²) in [5, 5.41) is 16.6. The summed E-state index contributed by atoms with van der Waals surface area (Å²) >= 11 is 0. The van der Waals surface area contributed by atoms with Crippen LogP contribution in [0.15, 0.2) is 0 Å². The molecule has 5 heteroatoms. The third-order valence-corrected chi connectivity index (χ3v) is 1.93. The van der Waals surface area contributed by atoms with Crippen LogP contribution in [0.2, 0.25) is 0 Å². The SMILES string of the molecule is OCCc1nnc2n1CCOC2. The second-order valence-electron chi connectivity index (χ2n) is 2.71. The lowest BCUT2D eigenvalue weighted by atomic mass is 10.4. The first-order valence-corrected chi connectivity index (χ1v) is 4.01. The molecule has 1 N–H and O–H groups in total. The summed E-state index contributed by atoms with van der Waals surface area (Å²) in [5.41, 5.74) is 0. The highest BCUT2D eigenvalue weighted by molar-refractivity contribution is 4.96. The maximum absolute atomic E-state index is 8.73. The molecule has 0 amide bonds. The fraction of sp³-hybridized carbons (Fsp3) is 0.714. The highest BCUT2D eigenvalue weighted by Crippen LogP contribution is 2.08. The van der Waals surface area contributed by atoms with Gasteiger partial charge in [0.25, 0.3) is 0 Å². The summed E-state index contributed by atoms with van der Waals surface area (Å²) in [6.45, 7) is 2.18. The molecule has 5 nitrogen and oxygen atoms in total. The number of aliphatic hydroxyl groups is 1. The van der Waals surface area contributed by atoms with Crippen LogP contribution in [-0.4, -0.2) is 33.1 Å². The van der Waals surface area contributed by atoms with E-state index in [-0.39, 0.29) is 6.61 Å². The van der Waals surface area contributed by atoms with E-state index in [0.29, 0.717) is 19.6 Å². The number of rotatable bonds is 2. The third kappa shape index (κ3) is 1.21.